The smallest absolute Gasteiger partial charge is 0.387 e. The normalized spacial score (nSPS) is 11.3. The number of hydrogen-bond donors (Lipinski definition) is 1. The van der Waals surface area contributed by atoms with E-state index in [-0.39, 0.29) is 11.7 Å². The van der Waals surface area contributed by atoms with E-state index >= 15 is 0 Å². The first-order valence-corrected chi connectivity index (χ1v) is 8.51. The molecule has 1 heterocycles. The van der Waals surface area contributed by atoms with E-state index in [0.29, 0.717) is 40.9 Å². The average molecular weight is 404 g/mol. The number of amides is 1. The Morgan fingerprint density at radius 2 is 2.04 bits per heavy atom. The van der Waals surface area contributed by atoms with Gasteiger partial charge in [0.25, 0.3) is 0 Å². The first kappa shape index (κ1) is 20.2. The number of aryl methyl sites for hydroxylation is 2. The molecule has 140 valence electrons. The summed E-state index contributed by atoms with van der Waals surface area (Å²) in [6.45, 7) is -0.124. The van der Waals surface area contributed by atoms with E-state index in [1.807, 2.05) is 0 Å². The molecule has 1 amide bonds. The average Bonchev–Trinajstić information content (AvgIpc) is 2.84. The fourth-order valence-electron chi connectivity index (χ4n) is 2.11. The third kappa shape index (κ3) is 6.00. The van der Waals surface area contributed by atoms with Crippen LogP contribution in [-0.4, -0.2) is 28.8 Å². The monoisotopic (exact) mass is 403 g/mol. The maximum atomic E-state index is 12.1. The number of aromatic nitrogens is 2. The molecule has 0 aliphatic heterocycles. The van der Waals surface area contributed by atoms with E-state index in [4.69, 9.17) is 23.2 Å². The van der Waals surface area contributed by atoms with E-state index in [9.17, 15) is 13.6 Å². The van der Waals surface area contributed by atoms with Crippen LogP contribution in [0.25, 0.3) is 6.08 Å². The zero-order valence-electron chi connectivity index (χ0n) is 13.9. The van der Waals surface area contributed by atoms with E-state index in [0.717, 1.165) is 0 Å². The van der Waals surface area contributed by atoms with Crippen molar-refractivity contribution in [3.05, 3.63) is 51.8 Å². The number of alkyl halides is 2. The second kappa shape index (κ2) is 9.54. The Kier molecular flexibility index (Phi) is 7.41. The Morgan fingerprint density at radius 3 is 2.62 bits per heavy atom. The predicted octanol–water partition coefficient (Wildman–Crippen LogP) is 4.32. The molecule has 0 atom stereocenters. The van der Waals surface area contributed by atoms with Crippen molar-refractivity contribution in [2.45, 2.75) is 26.5 Å². The molecule has 0 aliphatic carbocycles. The molecule has 2 rings (SSSR count). The maximum Gasteiger partial charge on any atom is 0.387 e. The Bertz CT molecular complexity index is 777. The highest BCUT2D eigenvalue weighted by Gasteiger charge is 2.10. The highest BCUT2D eigenvalue weighted by Crippen LogP contribution is 2.24. The van der Waals surface area contributed by atoms with Crippen molar-refractivity contribution in [3.63, 3.8) is 0 Å². The predicted molar refractivity (Wildman–Crippen MR) is 96.7 cm³/mol. The van der Waals surface area contributed by atoms with Crippen LogP contribution >= 0.6 is 23.2 Å². The number of benzene rings is 1. The van der Waals surface area contributed by atoms with Crippen LogP contribution in [0, 0.1) is 6.92 Å². The number of carbonyl (C=O) groups is 1. The highest BCUT2D eigenvalue weighted by atomic mass is 35.5. The largest absolute Gasteiger partial charge is 0.435 e. The van der Waals surface area contributed by atoms with Gasteiger partial charge in [-0.05, 0) is 37.1 Å². The van der Waals surface area contributed by atoms with Crippen LogP contribution in [-0.2, 0) is 11.3 Å². The molecular formula is C17H17Cl2F2N3O2. The lowest BCUT2D eigenvalue weighted by atomic mass is 10.2. The number of carbonyl (C=O) groups excluding carboxylic acids is 1. The molecule has 0 radical (unpaired) electrons. The highest BCUT2D eigenvalue weighted by molar-refractivity contribution is 6.41. The summed E-state index contributed by atoms with van der Waals surface area (Å²) in [7, 11) is 0. The maximum absolute atomic E-state index is 12.1. The lowest BCUT2D eigenvalue weighted by Crippen LogP contribution is -2.23. The first-order valence-electron chi connectivity index (χ1n) is 7.76. The zero-order chi connectivity index (χ0) is 19.1. The van der Waals surface area contributed by atoms with Gasteiger partial charge in [-0.15, -0.1) is 0 Å². The molecule has 0 bridgehead atoms. The van der Waals surface area contributed by atoms with Crippen LogP contribution in [0.5, 0.6) is 5.75 Å². The molecule has 26 heavy (non-hydrogen) atoms. The van der Waals surface area contributed by atoms with Gasteiger partial charge in [0.2, 0.25) is 5.91 Å². The SMILES string of the molecule is Cc1nn(CCCNC(=O)/C=C\c2ccc(OC(F)F)cc2)c(Cl)c1Cl. The number of rotatable bonds is 8. The van der Waals surface area contributed by atoms with Crippen LogP contribution in [0.2, 0.25) is 10.2 Å². The van der Waals surface area contributed by atoms with Gasteiger partial charge in [-0.25, -0.2) is 0 Å². The summed E-state index contributed by atoms with van der Waals surface area (Å²) in [6.07, 6.45) is 3.58. The number of hydrogen-bond acceptors (Lipinski definition) is 3. The molecule has 0 aliphatic rings. The standard InChI is InChI=1S/C17H17Cl2F2N3O2/c1-11-15(18)16(19)24(23-11)10-2-9-22-14(25)8-5-12-3-6-13(7-4-12)26-17(20)21/h3-8,17H,2,9-10H2,1H3,(H,22,25)/b8-5-. The fraction of sp³-hybridized carbons (Fsp3) is 0.294. The van der Waals surface area contributed by atoms with Crippen LogP contribution in [0.4, 0.5) is 8.78 Å². The van der Waals surface area contributed by atoms with Gasteiger partial charge in [0.15, 0.2) is 0 Å². The van der Waals surface area contributed by atoms with Crippen molar-refractivity contribution >= 4 is 35.2 Å². The minimum atomic E-state index is -2.86. The van der Waals surface area contributed by atoms with Crippen molar-refractivity contribution in [1.29, 1.82) is 0 Å². The topological polar surface area (TPSA) is 56.2 Å². The van der Waals surface area contributed by atoms with Gasteiger partial charge in [-0.1, -0.05) is 35.3 Å². The van der Waals surface area contributed by atoms with Crippen LogP contribution in [0.3, 0.4) is 0 Å². The Balaban J connectivity index is 1.74. The minimum Gasteiger partial charge on any atom is -0.435 e. The molecule has 0 saturated carbocycles. The summed E-state index contributed by atoms with van der Waals surface area (Å²) in [5.74, 6) is -0.201. The zero-order valence-corrected chi connectivity index (χ0v) is 15.4. The van der Waals surface area contributed by atoms with Crippen molar-refractivity contribution in [1.82, 2.24) is 15.1 Å². The lowest BCUT2D eigenvalue weighted by Gasteiger charge is -2.05. The molecule has 1 aromatic carbocycles. The summed E-state index contributed by atoms with van der Waals surface area (Å²) in [4.78, 5) is 11.8. The van der Waals surface area contributed by atoms with Crippen molar-refractivity contribution in [2.24, 2.45) is 0 Å². The molecule has 0 fully saturated rings. The van der Waals surface area contributed by atoms with Gasteiger partial charge in [0, 0.05) is 19.2 Å². The summed E-state index contributed by atoms with van der Waals surface area (Å²) >= 11 is 12.0. The van der Waals surface area contributed by atoms with Gasteiger partial charge in [0.1, 0.15) is 15.9 Å². The second-order valence-electron chi connectivity index (χ2n) is 5.34. The van der Waals surface area contributed by atoms with Crippen molar-refractivity contribution in [3.8, 4) is 5.75 Å². The molecule has 1 N–H and O–H groups in total. The van der Waals surface area contributed by atoms with Crippen molar-refractivity contribution in [2.75, 3.05) is 6.54 Å². The summed E-state index contributed by atoms with van der Waals surface area (Å²) in [6, 6.07) is 5.97. The van der Waals surface area contributed by atoms with Crippen LogP contribution in [0.1, 0.15) is 17.7 Å². The number of nitrogens with zero attached hydrogens (tertiary/aromatic N) is 2. The van der Waals surface area contributed by atoms with Gasteiger partial charge in [-0.2, -0.15) is 13.9 Å². The molecule has 0 spiro atoms. The van der Waals surface area contributed by atoms with E-state index in [1.165, 1.54) is 18.2 Å². The molecule has 5 nitrogen and oxygen atoms in total. The molecule has 0 saturated heterocycles. The second-order valence-corrected chi connectivity index (χ2v) is 6.07. The van der Waals surface area contributed by atoms with E-state index in [1.54, 1.807) is 29.8 Å². The third-order valence-electron chi connectivity index (χ3n) is 3.37. The lowest BCUT2D eigenvalue weighted by molar-refractivity contribution is -0.116. The Labute approximate surface area is 159 Å². The summed E-state index contributed by atoms with van der Waals surface area (Å²) < 4.78 is 30.0. The number of ether oxygens (including phenoxy) is 1. The van der Waals surface area contributed by atoms with Crippen LogP contribution < -0.4 is 10.1 Å². The van der Waals surface area contributed by atoms with Crippen LogP contribution in [0.15, 0.2) is 30.3 Å². The fourth-order valence-corrected chi connectivity index (χ4v) is 2.51. The summed E-state index contributed by atoms with van der Waals surface area (Å²) in [5.41, 5.74) is 1.35. The van der Waals surface area contributed by atoms with Gasteiger partial charge in [0.05, 0.1) is 5.69 Å². The first-order chi connectivity index (χ1) is 12.4. The van der Waals surface area contributed by atoms with E-state index in [2.05, 4.69) is 15.2 Å². The summed E-state index contributed by atoms with van der Waals surface area (Å²) in [5, 5.41) is 7.75. The molecule has 1 aromatic heterocycles. The molecule has 0 unspecified atom stereocenters. The van der Waals surface area contributed by atoms with Gasteiger partial charge >= 0.3 is 6.61 Å². The quantitative estimate of drug-likeness (QED) is 0.527. The van der Waals surface area contributed by atoms with Gasteiger partial charge < -0.3 is 10.1 Å². The molecule has 9 heteroatoms. The molecular weight excluding hydrogens is 387 g/mol. The van der Waals surface area contributed by atoms with Crippen molar-refractivity contribution < 1.29 is 18.3 Å². The third-order valence-corrected chi connectivity index (χ3v) is 4.31. The number of halogens is 4. The Hall–Kier alpha value is -2.12. The Morgan fingerprint density at radius 1 is 1.35 bits per heavy atom. The minimum absolute atomic E-state index is 0.0641. The molecule has 2 aromatic rings. The van der Waals surface area contributed by atoms with Gasteiger partial charge in [-0.3, -0.25) is 9.48 Å². The number of nitrogens with one attached hydrogen (secondary N) is 1. The van der Waals surface area contributed by atoms with E-state index < -0.39 is 6.61 Å².